The predicted molar refractivity (Wildman–Crippen MR) is 115 cm³/mol. The Kier molecular flexibility index (Phi) is 8.06. The van der Waals surface area contributed by atoms with Gasteiger partial charge < -0.3 is 9.47 Å². The number of hydrogen-bond acceptors (Lipinski definition) is 5. The first-order chi connectivity index (χ1) is 14.1. The molecule has 1 saturated heterocycles. The Labute approximate surface area is 173 Å². The average molecular weight is 419 g/mol. The standard InChI is InChI=1S/C22H30N2O4S/c1-27-21-10-8-19(9-11-21)12-17-29(25,26)23-13-5-14-24-15-16-28-22(18-24)20-6-3-2-4-7-20/h2-4,6-11,22-23H,5,12-18H2,1H3/t22-/m0/s1. The van der Waals surface area contributed by atoms with Crippen molar-refractivity contribution in [2.75, 3.05) is 45.6 Å². The molecule has 0 aromatic heterocycles. The van der Waals surface area contributed by atoms with Gasteiger partial charge in [-0.2, -0.15) is 0 Å². The molecule has 0 unspecified atom stereocenters. The molecular weight excluding hydrogens is 388 g/mol. The molecule has 0 spiro atoms. The van der Waals surface area contributed by atoms with Gasteiger partial charge in [-0.25, -0.2) is 13.1 Å². The van der Waals surface area contributed by atoms with Crippen molar-refractivity contribution in [2.24, 2.45) is 0 Å². The molecule has 7 heteroatoms. The fourth-order valence-corrected chi connectivity index (χ4v) is 4.53. The van der Waals surface area contributed by atoms with Crippen LogP contribution in [0.25, 0.3) is 0 Å². The molecule has 0 radical (unpaired) electrons. The number of ether oxygens (including phenoxy) is 2. The maximum atomic E-state index is 12.2. The summed E-state index contributed by atoms with van der Waals surface area (Å²) >= 11 is 0. The molecule has 2 aromatic carbocycles. The fourth-order valence-electron chi connectivity index (χ4n) is 3.42. The van der Waals surface area contributed by atoms with Gasteiger partial charge in [0.25, 0.3) is 0 Å². The van der Waals surface area contributed by atoms with Crippen LogP contribution in [-0.2, 0) is 21.2 Å². The first-order valence-corrected chi connectivity index (χ1v) is 11.7. The molecule has 0 saturated carbocycles. The second kappa shape index (κ2) is 10.7. The van der Waals surface area contributed by atoms with E-state index in [1.807, 2.05) is 42.5 Å². The van der Waals surface area contributed by atoms with Crippen LogP contribution in [0.4, 0.5) is 0 Å². The molecular formula is C22H30N2O4S. The van der Waals surface area contributed by atoms with Crippen LogP contribution < -0.4 is 9.46 Å². The number of aryl methyl sites for hydroxylation is 1. The molecule has 1 aliphatic heterocycles. The third kappa shape index (κ3) is 7.12. The van der Waals surface area contributed by atoms with Gasteiger partial charge in [0.1, 0.15) is 5.75 Å². The lowest BCUT2D eigenvalue weighted by Crippen LogP contribution is -2.40. The van der Waals surface area contributed by atoms with E-state index in [1.165, 1.54) is 5.56 Å². The smallest absolute Gasteiger partial charge is 0.211 e. The summed E-state index contributed by atoms with van der Waals surface area (Å²) in [5.41, 5.74) is 2.17. The van der Waals surface area contributed by atoms with Crippen LogP contribution in [0.1, 0.15) is 23.7 Å². The minimum Gasteiger partial charge on any atom is -0.497 e. The lowest BCUT2D eigenvalue weighted by molar-refractivity contribution is -0.0300. The van der Waals surface area contributed by atoms with Gasteiger partial charge in [0.2, 0.25) is 10.0 Å². The number of rotatable bonds is 10. The molecule has 6 nitrogen and oxygen atoms in total. The molecule has 1 N–H and O–H groups in total. The first-order valence-electron chi connectivity index (χ1n) is 10.0. The Hall–Kier alpha value is -1.93. The molecule has 0 aliphatic carbocycles. The highest BCUT2D eigenvalue weighted by molar-refractivity contribution is 7.89. The Morgan fingerprint density at radius 3 is 2.62 bits per heavy atom. The van der Waals surface area contributed by atoms with Crippen molar-refractivity contribution in [2.45, 2.75) is 18.9 Å². The van der Waals surface area contributed by atoms with E-state index in [-0.39, 0.29) is 11.9 Å². The molecule has 0 amide bonds. The van der Waals surface area contributed by atoms with Crippen molar-refractivity contribution in [3.8, 4) is 5.75 Å². The van der Waals surface area contributed by atoms with Crippen LogP contribution in [-0.4, -0.2) is 59.0 Å². The second-order valence-corrected chi connectivity index (χ2v) is 9.16. The largest absolute Gasteiger partial charge is 0.497 e. The maximum Gasteiger partial charge on any atom is 0.211 e. The summed E-state index contributed by atoms with van der Waals surface area (Å²) in [6.07, 6.45) is 1.36. The molecule has 2 aromatic rings. The zero-order chi connectivity index (χ0) is 20.5. The predicted octanol–water partition coefficient (Wildman–Crippen LogP) is 2.62. The highest BCUT2D eigenvalue weighted by Gasteiger charge is 2.21. The second-order valence-electron chi connectivity index (χ2n) is 7.24. The minimum absolute atomic E-state index is 0.0890. The van der Waals surface area contributed by atoms with E-state index in [1.54, 1.807) is 7.11 Å². The highest BCUT2D eigenvalue weighted by atomic mass is 32.2. The Morgan fingerprint density at radius 2 is 1.90 bits per heavy atom. The number of benzene rings is 2. The number of sulfonamides is 1. The summed E-state index contributed by atoms with van der Waals surface area (Å²) in [5, 5.41) is 0. The molecule has 158 valence electrons. The van der Waals surface area contributed by atoms with Crippen LogP contribution in [0, 0.1) is 0 Å². The normalized spacial score (nSPS) is 17.9. The van der Waals surface area contributed by atoms with E-state index in [9.17, 15) is 8.42 Å². The fraction of sp³-hybridized carbons (Fsp3) is 0.455. The SMILES string of the molecule is COc1ccc(CCS(=O)(=O)NCCCN2CCO[C@H](c3ccccc3)C2)cc1. The Balaban J connectivity index is 1.36. The van der Waals surface area contributed by atoms with Gasteiger partial charge in [-0.05, 0) is 42.6 Å². The quantitative estimate of drug-likeness (QED) is 0.601. The molecule has 29 heavy (non-hydrogen) atoms. The summed E-state index contributed by atoms with van der Waals surface area (Å²) in [7, 11) is -1.66. The van der Waals surface area contributed by atoms with Gasteiger partial charge in [0, 0.05) is 19.6 Å². The zero-order valence-electron chi connectivity index (χ0n) is 16.9. The Bertz CT molecular complexity index is 841. The molecule has 1 heterocycles. The monoisotopic (exact) mass is 418 g/mol. The number of methoxy groups -OCH3 is 1. The molecule has 1 fully saturated rings. The third-order valence-corrected chi connectivity index (χ3v) is 6.50. The van der Waals surface area contributed by atoms with Gasteiger partial charge >= 0.3 is 0 Å². The number of hydrogen-bond donors (Lipinski definition) is 1. The summed E-state index contributed by atoms with van der Waals surface area (Å²) in [6, 6.07) is 17.7. The lowest BCUT2D eigenvalue weighted by Gasteiger charge is -2.33. The highest BCUT2D eigenvalue weighted by Crippen LogP contribution is 2.21. The lowest BCUT2D eigenvalue weighted by atomic mass is 10.1. The summed E-state index contributed by atoms with van der Waals surface area (Å²) in [5.74, 6) is 0.861. The van der Waals surface area contributed by atoms with E-state index >= 15 is 0 Å². The topological polar surface area (TPSA) is 67.9 Å². The number of nitrogens with one attached hydrogen (secondary N) is 1. The van der Waals surface area contributed by atoms with Crippen molar-refractivity contribution < 1.29 is 17.9 Å². The van der Waals surface area contributed by atoms with Crippen molar-refractivity contribution in [1.29, 1.82) is 0 Å². The van der Waals surface area contributed by atoms with Crippen molar-refractivity contribution in [1.82, 2.24) is 9.62 Å². The number of nitrogens with zero attached hydrogens (tertiary/aromatic N) is 1. The van der Waals surface area contributed by atoms with Crippen LogP contribution in [0.3, 0.4) is 0 Å². The summed E-state index contributed by atoms with van der Waals surface area (Å²) < 4.78 is 38.2. The van der Waals surface area contributed by atoms with Gasteiger partial charge in [-0.1, -0.05) is 42.5 Å². The van der Waals surface area contributed by atoms with Crippen molar-refractivity contribution in [3.05, 3.63) is 65.7 Å². The number of morpholine rings is 1. The van der Waals surface area contributed by atoms with Crippen LogP contribution in [0.2, 0.25) is 0 Å². The summed E-state index contributed by atoms with van der Waals surface area (Å²) in [6.45, 7) is 3.74. The van der Waals surface area contributed by atoms with Crippen LogP contribution >= 0.6 is 0 Å². The minimum atomic E-state index is -3.28. The van der Waals surface area contributed by atoms with Gasteiger partial charge in [0.05, 0.1) is 25.6 Å². The van der Waals surface area contributed by atoms with E-state index in [2.05, 4.69) is 21.8 Å². The van der Waals surface area contributed by atoms with E-state index < -0.39 is 10.0 Å². The van der Waals surface area contributed by atoms with Gasteiger partial charge in [0.15, 0.2) is 0 Å². The third-order valence-electron chi connectivity index (χ3n) is 5.11. The van der Waals surface area contributed by atoms with Crippen molar-refractivity contribution in [3.63, 3.8) is 0 Å². The van der Waals surface area contributed by atoms with Crippen LogP contribution in [0.5, 0.6) is 5.75 Å². The average Bonchev–Trinajstić information content (AvgIpc) is 2.77. The van der Waals surface area contributed by atoms with E-state index in [0.29, 0.717) is 19.6 Å². The summed E-state index contributed by atoms with van der Waals surface area (Å²) in [4.78, 5) is 2.34. The molecule has 3 rings (SSSR count). The zero-order valence-corrected chi connectivity index (χ0v) is 17.7. The molecule has 1 atom stereocenters. The first kappa shape index (κ1) is 21.8. The molecule has 1 aliphatic rings. The molecule has 0 bridgehead atoms. The van der Waals surface area contributed by atoms with E-state index in [0.717, 1.165) is 37.4 Å². The van der Waals surface area contributed by atoms with Gasteiger partial charge in [-0.3, -0.25) is 4.90 Å². The van der Waals surface area contributed by atoms with E-state index in [4.69, 9.17) is 9.47 Å². The van der Waals surface area contributed by atoms with Crippen molar-refractivity contribution >= 4 is 10.0 Å². The van der Waals surface area contributed by atoms with Crippen LogP contribution in [0.15, 0.2) is 54.6 Å². The maximum absolute atomic E-state index is 12.2. The Morgan fingerprint density at radius 1 is 1.14 bits per heavy atom. The van der Waals surface area contributed by atoms with Gasteiger partial charge in [-0.15, -0.1) is 0 Å².